The number of likely N-dealkylation sites (tertiary alicyclic amines) is 1. The van der Waals surface area contributed by atoms with Crippen LogP contribution in [0.15, 0.2) is 35.1 Å². The van der Waals surface area contributed by atoms with Crippen LogP contribution in [0.5, 0.6) is 0 Å². The summed E-state index contributed by atoms with van der Waals surface area (Å²) in [6.45, 7) is 3.75. The Bertz CT molecular complexity index is 1010. The predicted molar refractivity (Wildman–Crippen MR) is 122 cm³/mol. The number of ether oxygens (including phenoxy) is 1. The Morgan fingerprint density at radius 1 is 0.970 bits per heavy atom. The van der Waals surface area contributed by atoms with Gasteiger partial charge in [-0.05, 0) is 43.6 Å². The van der Waals surface area contributed by atoms with Crippen LogP contribution in [-0.2, 0) is 16.0 Å². The van der Waals surface area contributed by atoms with E-state index in [0.29, 0.717) is 36.3 Å². The number of nitrogens with zero attached hydrogens (tertiary/aromatic N) is 4. The van der Waals surface area contributed by atoms with Crippen LogP contribution in [0.4, 0.5) is 0 Å². The number of carbonyl (C=O) groups excluding carboxylic acids is 2. The SMILES string of the molecule is O=C(c1ccon1)N1CCN(C(=O)Cc2ccc(Cl)c(Cl)c2)[C@@H]2C(N3CCCC3)COCC21. The van der Waals surface area contributed by atoms with Crippen LogP contribution in [0, 0.1) is 0 Å². The average Bonchev–Trinajstić information content (AvgIpc) is 3.54. The fraction of sp³-hybridized carbons (Fsp3) is 0.522. The molecule has 3 aliphatic heterocycles. The van der Waals surface area contributed by atoms with Crippen molar-refractivity contribution in [2.75, 3.05) is 39.4 Å². The number of amides is 2. The first-order chi connectivity index (χ1) is 16.0. The minimum atomic E-state index is -0.250. The van der Waals surface area contributed by atoms with E-state index in [0.717, 1.165) is 31.5 Å². The van der Waals surface area contributed by atoms with Gasteiger partial charge >= 0.3 is 0 Å². The molecule has 1 aromatic carbocycles. The molecule has 0 radical (unpaired) electrons. The molecule has 3 atom stereocenters. The Morgan fingerprint density at radius 2 is 1.73 bits per heavy atom. The highest BCUT2D eigenvalue weighted by molar-refractivity contribution is 6.42. The number of carbonyl (C=O) groups is 2. The van der Waals surface area contributed by atoms with E-state index in [-0.39, 0.29) is 42.1 Å². The third-order valence-corrected chi connectivity index (χ3v) is 7.63. The number of piperazine rings is 1. The molecular formula is C23H26Cl2N4O4. The van der Waals surface area contributed by atoms with Gasteiger partial charge < -0.3 is 19.1 Å². The standard InChI is InChI=1S/C23H26Cl2N4O4/c24-16-4-3-15(11-17(16)25)12-21(30)29-9-8-28(23(31)18-5-10-33-26-18)20-14-32-13-19(22(20)29)27-6-1-2-7-27/h3-5,10-11,19-20,22H,1-2,6-9,12-14H2/t19?,20?,22-/m1/s1. The van der Waals surface area contributed by atoms with Gasteiger partial charge in [-0.25, -0.2) is 0 Å². The summed E-state index contributed by atoms with van der Waals surface area (Å²) in [7, 11) is 0. The number of halogens is 2. The lowest BCUT2D eigenvalue weighted by Gasteiger charge is -2.54. The maximum Gasteiger partial charge on any atom is 0.276 e. The monoisotopic (exact) mass is 492 g/mol. The summed E-state index contributed by atoms with van der Waals surface area (Å²) in [5, 5.41) is 4.73. The largest absolute Gasteiger partial charge is 0.378 e. The fourth-order valence-electron chi connectivity index (χ4n) is 5.32. The lowest BCUT2D eigenvalue weighted by molar-refractivity contribution is -0.149. The lowest BCUT2D eigenvalue weighted by Crippen LogP contribution is -2.72. The summed E-state index contributed by atoms with van der Waals surface area (Å²) in [6, 6.07) is 6.49. The van der Waals surface area contributed by atoms with Gasteiger partial charge in [-0.1, -0.05) is 34.4 Å². The minimum absolute atomic E-state index is 0.0167. The van der Waals surface area contributed by atoms with E-state index in [4.69, 9.17) is 32.5 Å². The number of fused-ring (bicyclic) bond motifs is 1. The van der Waals surface area contributed by atoms with Gasteiger partial charge in [0.25, 0.3) is 5.91 Å². The summed E-state index contributed by atoms with van der Waals surface area (Å²) in [4.78, 5) is 32.9. The molecule has 10 heteroatoms. The van der Waals surface area contributed by atoms with E-state index in [9.17, 15) is 9.59 Å². The first-order valence-corrected chi connectivity index (χ1v) is 12.0. The van der Waals surface area contributed by atoms with Crippen LogP contribution >= 0.6 is 23.2 Å². The van der Waals surface area contributed by atoms with Crippen LogP contribution < -0.4 is 0 Å². The molecule has 0 saturated carbocycles. The van der Waals surface area contributed by atoms with Crippen LogP contribution in [0.3, 0.4) is 0 Å². The van der Waals surface area contributed by atoms with E-state index < -0.39 is 0 Å². The second-order valence-corrected chi connectivity index (χ2v) is 9.62. The molecule has 0 bridgehead atoms. The van der Waals surface area contributed by atoms with Crippen LogP contribution in [-0.4, -0.2) is 89.2 Å². The summed E-state index contributed by atoms with van der Waals surface area (Å²) in [6.07, 6.45) is 3.89. The number of benzene rings is 1. The highest BCUT2D eigenvalue weighted by atomic mass is 35.5. The molecule has 0 N–H and O–H groups in total. The zero-order chi connectivity index (χ0) is 22.9. The number of hydrogen-bond acceptors (Lipinski definition) is 6. The second kappa shape index (κ2) is 9.62. The highest BCUT2D eigenvalue weighted by Gasteiger charge is 2.49. The van der Waals surface area contributed by atoms with Crippen LogP contribution in [0.2, 0.25) is 10.0 Å². The zero-order valence-electron chi connectivity index (χ0n) is 18.2. The Balaban J connectivity index is 1.42. The van der Waals surface area contributed by atoms with E-state index >= 15 is 0 Å². The van der Waals surface area contributed by atoms with Crippen molar-refractivity contribution in [3.63, 3.8) is 0 Å². The summed E-state index contributed by atoms with van der Waals surface area (Å²) in [5.74, 6) is -0.177. The normalized spacial score (nSPS) is 25.8. The zero-order valence-corrected chi connectivity index (χ0v) is 19.7. The third-order valence-electron chi connectivity index (χ3n) is 6.89. The molecule has 3 fully saturated rings. The quantitative estimate of drug-likeness (QED) is 0.652. The molecule has 4 heterocycles. The minimum Gasteiger partial charge on any atom is -0.378 e. The second-order valence-electron chi connectivity index (χ2n) is 8.80. The topological polar surface area (TPSA) is 79.1 Å². The van der Waals surface area contributed by atoms with Crippen molar-refractivity contribution in [1.82, 2.24) is 19.9 Å². The van der Waals surface area contributed by atoms with Gasteiger partial charge in [0.1, 0.15) is 6.26 Å². The van der Waals surface area contributed by atoms with Gasteiger partial charge in [-0.15, -0.1) is 0 Å². The molecule has 33 heavy (non-hydrogen) atoms. The van der Waals surface area contributed by atoms with Crippen molar-refractivity contribution >= 4 is 35.0 Å². The van der Waals surface area contributed by atoms with Crippen molar-refractivity contribution in [3.8, 4) is 0 Å². The molecule has 3 saturated heterocycles. The van der Waals surface area contributed by atoms with Crippen molar-refractivity contribution < 1.29 is 18.8 Å². The maximum absolute atomic E-state index is 13.5. The Labute approximate surface area is 202 Å². The summed E-state index contributed by atoms with van der Waals surface area (Å²) < 4.78 is 10.9. The van der Waals surface area contributed by atoms with Gasteiger partial charge in [0.2, 0.25) is 5.91 Å². The highest BCUT2D eigenvalue weighted by Crippen LogP contribution is 2.31. The maximum atomic E-state index is 13.5. The first-order valence-electron chi connectivity index (χ1n) is 11.3. The van der Waals surface area contributed by atoms with E-state index in [1.807, 2.05) is 11.0 Å². The first kappa shape index (κ1) is 22.7. The molecule has 176 valence electrons. The molecule has 5 rings (SSSR count). The van der Waals surface area contributed by atoms with Crippen LogP contribution in [0.25, 0.3) is 0 Å². The average molecular weight is 493 g/mol. The third kappa shape index (κ3) is 4.49. The molecule has 2 amide bonds. The lowest BCUT2D eigenvalue weighted by atomic mass is 9.90. The molecule has 0 aliphatic carbocycles. The Kier molecular flexibility index (Phi) is 6.60. The number of aromatic nitrogens is 1. The van der Waals surface area contributed by atoms with Crippen molar-refractivity contribution in [3.05, 3.63) is 51.8 Å². The van der Waals surface area contributed by atoms with E-state index in [2.05, 4.69) is 10.1 Å². The number of rotatable bonds is 4. The Morgan fingerprint density at radius 3 is 2.45 bits per heavy atom. The fourth-order valence-corrected chi connectivity index (χ4v) is 5.64. The van der Waals surface area contributed by atoms with Crippen LogP contribution in [0.1, 0.15) is 28.9 Å². The summed E-state index contributed by atoms with van der Waals surface area (Å²) in [5.41, 5.74) is 1.09. The van der Waals surface area contributed by atoms with Crippen molar-refractivity contribution in [2.24, 2.45) is 0 Å². The van der Waals surface area contributed by atoms with E-state index in [1.165, 1.54) is 6.26 Å². The van der Waals surface area contributed by atoms with Gasteiger partial charge in [-0.3, -0.25) is 14.5 Å². The van der Waals surface area contributed by atoms with Crippen molar-refractivity contribution in [1.29, 1.82) is 0 Å². The number of hydrogen-bond donors (Lipinski definition) is 0. The van der Waals surface area contributed by atoms with Gasteiger partial charge in [0, 0.05) is 19.2 Å². The molecule has 2 unspecified atom stereocenters. The smallest absolute Gasteiger partial charge is 0.276 e. The molecule has 3 aliphatic rings. The Hall–Kier alpha value is -2.13. The molecule has 2 aromatic rings. The summed E-state index contributed by atoms with van der Waals surface area (Å²) >= 11 is 12.2. The van der Waals surface area contributed by atoms with Gasteiger partial charge in [0.15, 0.2) is 5.69 Å². The van der Waals surface area contributed by atoms with Gasteiger partial charge in [-0.2, -0.15) is 0 Å². The van der Waals surface area contributed by atoms with Crippen molar-refractivity contribution in [2.45, 2.75) is 37.4 Å². The molecule has 8 nitrogen and oxygen atoms in total. The van der Waals surface area contributed by atoms with E-state index in [1.54, 1.807) is 23.1 Å². The molecule has 1 aromatic heterocycles. The molecular weight excluding hydrogens is 467 g/mol. The van der Waals surface area contributed by atoms with Gasteiger partial charge in [0.05, 0.1) is 47.8 Å². The molecule has 0 spiro atoms. The predicted octanol–water partition coefficient (Wildman–Crippen LogP) is 2.74.